The lowest BCUT2D eigenvalue weighted by Crippen LogP contribution is -2.10. The molecule has 0 amide bonds. The van der Waals surface area contributed by atoms with E-state index in [9.17, 15) is 0 Å². The molecule has 2 heteroatoms. The average Bonchev–Trinajstić information content (AvgIpc) is 3.50. The summed E-state index contributed by atoms with van der Waals surface area (Å²) < 4.78 is 2.61. The fourth-order valence-corrected chi connectivity index (χ4v) is 7.96. The maximum atomic E-state index is 2.44. The summed E-state index contributed by atoms with van der Waals surface area (Å²) in [6.07, 6.45) is 0. The van der Waals surface area contributed by atoms with Gasteiger partial charge in [-0.2, -0.15) is 0 Å². The molecule has 0 aliphatic heterocycles. The van der Waals surface area contributed by atoms with E-state index in [1.54, 1.807) is 0 Å². The Labute approximate surface area is 272 Å². The van der Waals surface area contributed by atoms with Crippen LogP contribution in [0.2, 0.25) is 0 Å². The third-order valence-corrected chi connectivity index (χ3v) is 10.2. The van der Waals surface area contributed by atoms with Gasteiger partial charge in [-0.1, -0.05) is 133 Å². The predicted octanol–water partition coefficient (Wildman–Crippen LogP) is 13.2. The Balaban J connectivity index is 1.28. The first kappa shape index (κ1) is 26.7. The van der Waals surface area contributed by atoms with Gasteiger partial charge < -0.3 is 4.90 Å². The minimum atomic E-state index is 1.13. The summed E-state index contributed by atoms with van der Waals surface area (Å²) in [5, 5.41) is 7.58. The van der Waals surface area contributed by atoms with Gasteiger partial charge >= 0.3 is 0 Å². The van der Waals surface area contributed by atoms with Crippen LogP contribution in [0.4, 0.5) is 17.1 Å². The van der Waals surface area contributed by atoms with E-state index < -0.39 is 0 Å². The van der Waals surface area contributed by atoms with Gasteiger partial charge in [0, 0.05) is 36.9 Å². The molecule has 1 nitrogen and oxygen atoms in total. The maximum Gasteiger partial charge on any atom is 0.0546 e. The number of nitrogens with zero attached hydrogens (tertiary/aromatic N) is 1. The van der Waals surface area contributed by atoms with Crippen molar-refractivity contribution in [1.82, 2.24) is 0 Å². The molecule has 0 saturated carbocycles. The molecule has 46 heavy (non-hydrogen) atoms. The summed E-state index contributed by atoms with van der Waals surface area (Å²) >= 11 is 1.86. The molecule has 0 aliphatic carbocycles. The zero-order valence-electron chi connectivity index (χ0n) is 25.1. The summed E-state index contributed by atoms with van der Waals surface area (Å²) in [4.78, 5) is 2.44. The Morgan fingerprint density at radius 2 is 1.02 bits per heavy atom. The molecule has 9 aromatic rings. The molecule has 8 aromatic carbocycles. The lowest BCUT2D eigenvalue weighted by atomic mass is 9.94. The lowest BCUT2D eigenvalue weighted by molar-refractivity contribution is 1.30. The number of benzene rings is 8. The first-order valence-corrected chi connectivity index (χ1v) is 16.5. The summed E-state index contributed by atoms with van der Waals surface area (Å²) in [5.74, 6) is 0. The smallest absolute Gasteiger partial charge is 0.0546 e. The van der Waals surface area contributed by atoms with Gasteiger partial charge in [0.1, 0.15) is 0 Å². The molecule has 0 saturated heterocycles. The van der Waals surface area contributed by atoms with E-state index in [0.29, 0.717) is 0 Å². The first-order chi connectivity index (χ1) is 22.8. The van der Waals surface area contributed by atoms with Crippen molar-refractivity contribution in [3.63, 3.8) is 0 Å². The maximum absolute atomic E-state index is 2.44. The van der Waals surface area contributed by atoms with Crippen LogP contribution in [0, 0.1) is 0 Å². The second kappa shape index (κ2) is 11.0. The molecule has 0 bridgehead atoms. The highest BCUT2D eigenvalue weighted by Gasteiger charge is 2.19. The van der Waals surface area contributed by atoms with Gasteiger partial charge in [-0.25, -0.2) is 0 Å². The van der Waals surface area contributed by atoms with Crippen molar-refractivity contribution >= 4 is 70.1 Å². The third-order valence-electron chi connectivity index (χ3n) is 9.04. The van der Waals surface area contributed by atoms with Crippen molar-refractivity contribution in [3.05, 3.63) is 176 Å². The molecule has 216 valence electrons. The zero-order valence-corrected chi connectivity index (χ0v) is 25.9. The van der Waals surface area contributed by atoms with Gasteiger partial charge in [0.25, 0.3) is 0 Å². The normalized spacial score (nSPS) is 11.5. The molecule has 0 N–H and O–H groups in total. The summed E-state index contributed by atoms with van der Waals surface area (Å²) in [6.45, 7) is 0. The van der Waals surface area contributed by atoms with Crippen LogP contribution in [0.5, 0.6) is 0 Å². The van der Waals surface area contributed by atoms with E-state index in [1.807, 2.05) is 11.3 Å². The van der Waals surface area contributed by atoms with Crippen LogP contribution in [-0.4, -0.2) is 0 Å². The van der Waals surface area contributed by atoms with Gasteiger partial charge in [-0.05, 0) is 80.9 Å². The minimum Gasteiger partial charge on any atom is -0.310 e. The predicted molar refractivity (Wildman–Crippen MR) is 200 cm³/mol. The van der Waals surface area contributed by atoms with E-state index in [1.165, 1.54) is 64.0 Å². The van der Waals surface area contributed by atoms with E-state index in [-0.39, 0.29) is 0 Å². The molecule has 0 fully saturated rings. The monoisotopic (exact) mass is 603 g/mol. The van der Waals surface area contributed by atoms with Crippen LogP contribution in [-0.2, 0) is 0 Å². The van der Waals surface area contributed by atoms with Crippen molar-refractivity contribution in [2.24, 2.45) is 0 Å². The molecular formula is C44H29NS. The average molecular weight is 604 g/mol. The fourth-order valence-electron chi connectivity index (χ4n) is 6.82. The Morgan fingerprint density at radius 1 is 0.370 bits per heavy atom. The summed E-state index contributed by atoms with van der Waals surface area (Å²) in [7, 11) is 0. The number of rotatable bonds is 5. The summed E-state index contributed by atoms with van der Waals surface area (Å²) in [6, 6.07) is 64.0. The van der Waals surface area contributed by atoms with E-state index in [2.05, 4.69) is 181 Å². The molecule has 0 atom stereocenters. The highest BCUT2D eigenvalue weighted by atomic mass is 32.1. The van der Waals surface area contributed by atoms with Crippen LogP contribution < -0.4 is 4.90 Å². The Morgan fingerprint density at radius 3 is 1.89 bits per heavy atom. The van der Waals surface area contributed by atoms with Gasteiger partial charge in [-0.3, -0.25) is 0 Å². The number of thiophene rings is 1. The second-order valence-corrected chi connectivity index (χ2v) is 12.9. The zero-order chi connectivity index (χ0) is 30.5. The first-order valence-electron chi connectivity index (χ1n) is 15.7. The van der Waals surface area contributed by atoms with Crippen LogP contribution in [0.3, 0.4) is 0 Å². The molecule has 0 spiro atoms. The van der Waals surface area contributed by atoms with Crippen molar-refractivity contribution in [1.29, 1.82) is 0 Å². The fraction of sp³-hybridized carbons (Fsp3) is 0. The Bertz CT molecular complexity index is 2520. The van der Waals surface area contributed by atoms with E-state index >= 15 is 0 Å². The van der Waals surface area contributed by atoms with Crippen LogP contribution in [0.25, 0.3) is 64.0 Å². The topological polar surface area (TPSA) is 3.24 Å². The van der Waals surface area contributed by atoms with Crippen LogP contribution in [0.15, 0.2) is 176 Å². The van der Waals surface area contributed by atoms with Gasteiger partial charge in [0.05, 0.1) is 5.69 Å². The highest BCUT2D eigenvalue weighted by Crippen LogP contribution is 2.45. The molecule has 0 aliphatic rings. The molecule has 0 radical (unpaired) electrons. The molecule has 1 aromatic heterocycles. The van der Waals surface area contributed by atoms with E-state index in [4.69, 9.17) is 0 Å². The number of anilines is 3. The number of fused-ring (bicyclic) bond motifs is 5. The number of hydrogen-bond donors (Lipinski definition) is 0. The van der Waals surface area contributed by atoms with Gasteiger partial charge in [-0.15, -0.1) is 11.3 Å². The van der Waals surface area contributed by atoms with Crippen molar-refractivity contribution in [3.8, 4) is 22.3 Å². The van der Waals surface area contributed by atoms with Gasteiger partial charge in [0.2, 0.25) is 0 Å². The van der Waals surface area contributed by atoms with Crippen LogP contribution in [0.1, 0.15) is 0 Å². The van der Waals surface area contributed by atoms with Crippen LogP contribution >= 0.6 is 11.3 Å². The van der Waals surface area contributed by atoms with E-state index in [0.717, 1.165) is 17.1 Å². The SMILES string of the molecule is c1ccc(-c2ccc(N(c3ccc4c(c3)sc3ccccc34)c3cccc4cccc(-c5ccc6ccccc6c5)c34)cc2)cc1. The minimum absolute atomic E-state index is 1.13. The summed E-state index contributed by atoms with van der Waals surface area (Å²) in [5.41, 5.74) is 8.31. The Kier molecular flexibility index (Phi) is 6.40. The van der Waals surface area contributed by atoms with Crippen molar-refractivity contribution in [2.75, 3.05) is 4.90 Å². The quantitative estimate of drug-likeness (QED) is 0.189. The molecule has 9 rings (SSSR count). The molecule has 1 heterocycles. The lowest BCUT2D eigenvalue weighted by Gasteiger charge is -2.28. The largest absolute Gasteiger partial charge is 0.310 e. The third kappa shape index (κ3) is 4.54. The number of hydrogen-bond acceptors (Lipinski definition) is 2. The molecule has 0 unspecified atom stereocenters. The standard InChI is InChI=1S/C44H29NS/c1-2-10-30(11-3-1)32-22-24-36(25-23-32)45(37-26-27-40-39-16-6-7-19-42(39)46-43(40)29-37)41-18-9-15-33-14-8-17-38(44(33)41)35-21-20-31-12-4-5-13-34(31)28-35/h1-29H. The van der Waals surface area contributed by atoms with Crippen molar-refractivity contribution < 1.29 is 0 Å². The molecular weight excluding hydrogens is 575 g/mol. The highest BCUT2D eigenvalue weighted by molar-refractivity contribution is 7.25. The second-order valence-electron chi connectivity index (χ2n) is 11.8. The van der Waals surface area contributed by atoms with Crippen molar-refractivity contribution in [2.45, 2.75) is 0 Å². The van der Waals surface area contributed by atoms with Gasteiger partial charge in [0.15, 0.2) is 0 Å². The Hall–Kier alpha value is -5.70.